The molecule has 1 heterocycles. The van der Waals surface area contributed by atoms with Crippen molar-refractivity contribution < 1.29 is 14.4 Å². The van der Waals surface area contributed by atoms with Gasteiger partial charge in [0.2, 0.25) is 0 Å². The molecule has 0 radical (unpaired) electrons. The van der Waals surface area contributed by atoms with Gasteiger partial charge in [-0.3, -0.25) is 10.1 Å². The summed E-state index contributed by atoms with van der Waals surface area (Å²) in [4.78, 5) is 11.2. The Labute approximate surface area is 182 Å². The van der Waals surface area contributed by atoms with E-state index in [-0.39, 0.29) is 11.6 Å². The van der Waals surface area contributed by atoms with Crippen LogP contribution < -0.4 is 4.74 Å². The van der Waals surface area contributed by atoms with Gasteiger partial charge in [0.05, 0.1) is 16.6 Å². The van der Waals surface area contributed by atoms with Gasteiger partial charge in [0, 0.05) is 24.9 Å². The fraction of sp³-hybridized carbons (Fsp3) is 0.320. The Balaban J connectivity index is 1.97. The standard InChI is InChI=1S/C25H26N2O4/c1-2-3-9-24(19-12-14-30-15-13-19)21(18-26)16-20-17-23(10-11-25(20)27(28)29)31-22-7-5-4-6-8-22/h2,4-8,10-11,16-17,19,24H,1,3,9,12-15H2. The molecule has 1 aliphatic heterocycles. The van der Waals surface area contributed by atoms with Crippen molar-refractivity contribution in [2.75, 3.05) is 13.2 Å². The molecule has 0 saturated carbocycles. The van der Waals surface area contributed by atoms with Crippen LogP contribution in [0.1, 0.15) is 31.2 Å². The second-order valence-electron chi connectivity index (χ2n) is 7.53. The lowest BCUT2D eigenvalue weighted by Gasteiger charge is -2.30. The minimum Gasteiger partial charge on any atom is -0.457 e. The van der Waals surface area contributed by atoms with Crippen molar-refractivity contribution in [1.29, 1.82) is 5.26 Å². The maximum absolute atomic E-state index is 11.6. The molecule has 1 fully saturated rings. The first-order valence-electron chi connectivity index (χ1n) is 10.4. The number of nitriles is 1. The van der Waals surface area contributed by atoms with Gasteiger partial charge in [-0.25, -0.2) is 0 Å². The quantitative estimate of drug-likeness (QED) is 0.206. The Morgan fingerprint density at radius 1 is 1.26 bits per heavy atom. The number of benzene rings is 2. The molecule has 160 valence electrons. The molecule has 0 bridgehead atoms. The first-order valence-corrected chi connectivity index (χ1v) is 10.4. The predicted molar refractivity (Wildman–Crippen MR) is 120 cm³/mol. The van der Waals surface area contributed by atoms with Gasteiger partial charge < -0.3 is 9.47 Å². The van der Waals surface area contributed by atoms with E-state index >= 15 is 0 Å². The molecule has 1 saturated heterocycles. The van der Waals surface area contributed by atoms with E-state index in [2.05, 4.69) is 12.6 Å². The highest BCUT2D eigenvalue weighted by molar-refractivity contribution is 5.67. The summed E-state index contributed by atoms with van der Waals surface area (Å²) in [5, 5.41) is 21.6. The summed E-state index contributed by atoms with van der Waals surface area (Å²) in [6.45, 7) is 5.15. The topological polar surface area (TPSA) is 85.4 Å². The number of hydrogen-bond acceptors (Lipinski definition) is 5. The van der Waals surface area contributed by atoms with E-state index in [1.807, 2.05) is 36.4 Å². The Kier molecular flexibility index (Phi) is 7.97. The summed E-state index contributed by atoms with van der Waals surface area (Å²) in [6, 6.07) is 16.2. The molecule has 3 rings (SSSR count). The van der Waals surface area contributed by atoms with Gasteiger partial charge in [0.25, 0.3) is 5.69 Å². The lowest BCUT2D eigenvalue weighted by Crippen LogP contribution is -2.24. The monoisotopic (exact) mass is 418 g/mol. The Morgan fingerprint density at radius 3 is 2.65 bits per heavy atom. The number of hydrogen-bond donors (Lipinski definition) is 0. The van der Waals surface area contributed by atoms with E-state index in [1.54, 1.807) is 18.2 Å². The van der Waals surface area contributed by atoms with Crippen LogP contribution >= 0.6 is 0 Å². The van der Waals surface area contributed by atoms with E-state index in [9.17, 15) is 15.4 Å². The highest BCUT2D eigenvalue weighted by atomic mass is 16.6. The zero-order valence-electron chi connectivity index (χ0n) is 17.4. The third kappa shape index (κ3) is 6.03. The molecule has 6 nitrogen and oxygen atoms in total. The van der Waals surface area contributed by atoms with Crippen molar-refractivity contribution >= 4 is 11.8 Å². The molecule has 2 aromatic rings. The summed E-state index contributed by atoms with van der Waals surface area (Å²) in [5.74, 6) is 1.43. The fourth-order valence-electron chi connectivity index (χ4n) is 3.95. The van der Waals surface area contributed by atoms with Crippen LogP contribution in [0.2, 0.25) is 0 Å². The van der Waals surface area contributed by atoms with Crippen LogP contribution in [-0.2, 0) is 4.74 Å². The number of allylic oxidation sites excluding steroid dienone is 2. The molecule has 31 heavy (non-hydrogen) atoms. The van der Waals surface area contributed by atoms with Gasteiger partial charge in [0.15, 0.2) is 0 Å². The number of para-hydroxylation sites is 1. The van der Waals surface area contributed by atoms with Gasteiger partial charge in [0.1, 0.15) is 11.5 Å². The van der Waals surface area contributed by atoms with Gasteiger partial charge in [-0.1, -0.05) is 24.3 Å². The first kappa shape index (κ1) is 22.3. The van der Waals surface area contributed by atoms with Crippen molar-refractivity contribution in [3.05, 3.63) is 82.4 Å². The second-order valence-corrected chi connectivity index (χ2v) is 7.53. The van der Waals surface area contributed by atoms with Gasteiger partial charge in [-0.05, 0) is 67.9 Å². The van der Waals surface area contributed by atoms with E-state index in [4.69, 9.17) is 9.47 Å². The van der Waals surface area contributed by atoms with E-state index in [1.165, 1.54) is 6.07 Å². The van der Waals surface area contributed by atoms with Crippen LogP contribution in [0.5, 0.6) is 11.5 Å². The number of nitro groups is 1. The van der Waals surface area contributed by atoms with E-state index in [0.717, 1.165) is 25.7 Å². The molecule has 0 N–H and O–H groups in total. The minimum absolute atomic E-state index is 0.00482. The molecule has 0 amide bonds. The molecule has 0 aromatic heterocycles. The first-order chi connectivity index (χ1) is 15.1. The van der Waals surface area contributed by atoms with Gasteiger partial charge in [-0.2, -0.15) is 5.26 Å². The number of nitro benzene ring substituents is 1. The Bertz CT molecular complexity index is 973. The summed E-state index contributed by atoms with van der Waals surface area (Å²) in [6.07, 6.45) is 6.80. The Morgan fingerprint density at radius 2 is 2.00 bits per heavy atom. The molecule has 1 unspecified atom stereocenters. The lowest BCUT2D eigenvalue weighted by molar-refractivity contribution is -0.385. The third-order valence-electron chi connectivity index (χ3n) is 5.53. The zero-order chi connectivity index (χ0) is 22.1. The Hall–Kier alpha value is -3.43. The summed E-state index contributed by atoms with van der Waals surface area (Å²) in [7, 11) is 0. The predicted octanol–water partition coefficient (Wildman–Crippen LogP) is 6.30. The van der Waals surface area contributed by atoms with E-state index < -0.39 is 4.92 Å². The molecule has 0 spiro atoms. The molecule has 0 aliphatic carbocycles. The molecular formula is C25H26N2O4. The van der Waals surface area contributed by atoms with E-state index in [0.29, 0.717) is 41.8 Å². The van der Waals surface area contributed by atoms with Crippen molar-refractivity contribution in [1.82, 2.24) is 0 Å². The summed E-state index contributed by atoms with van der Waals surface area (Å²) < 4.78 is 11.3. The smallest absolute Gasteiger partial charge is 0.276 e. The van der Waals surface area contributed by atoms with Crippen LogP contribution in [0.4, 0.5) is 5.69 Å². The highest BCUT2D eigenvalue weighted by Gasteiger charge is 2.27. The molecular weight excluding hydrogens is 392 g/mol. The fourth-order valence-corrected chi connectivity index (χ4v) is 3.95. The van der Waals surface area contributed by atoms with Crippen molar-refractivity contribution in [3.8, 4) is 17.6 Å². The van der Waals surface area contributed by atoms with Crippen LogP contribution in [-0.4, -0.2) is 18.1 Å². The molecule has 1 atom stereocenters. The van der Waals surface area contributed by atoms with Gasteiger partial charge >= 0.3 is 0 Å². The molecule has 2 aromatic carbocycles. The van der Waals surface area contributed by atoms with Crippen LogP contribution in [0.3, 0.4) is 0 Å². The van der Waals surface area contributed by atoms with Crippen molar-refractivity contribution in [2.24, 2.45) is 11.8 Å². The van der Waals surface area contributed by atoms with Crippen LogP contribution in [0, 0.1) is 33.3 Å². The third-order valence-corrected chi connectivity index (χ3v) is 5.53. The summed E-state index contributed by atoms with van der Waals surface area (Å²) >= 11 is 0. The highest BCUT2D eigenvalue weighted by Crippen LogP contribution is 2.36. The van der Waals surface area contributed by atoms with Crippen LogP contribution in [0.15, 0.2) is 66.8 Å². The maximum atomic E-state index is 11.6. The van der Waals surface area contributed by atoms with Crippen molar-refractivity contribution in [3.63, 3.8) is 0 Å². The average Bonchev–Trinajstić information content (AvgIpc) is 2.80. The largest absolute Gasteiger partial charge is 0.457 e. The number of nitrogens with zero attached hydrogens (tertiary/aromatic N) is 2. The van der Waals surface area contributed by atoms with Gasteiger partial charge in [-0.15, -0.1) is 6.58 Å². The SMILES string of the molecule is C=CCCC(C(C#N)=Cc1cc(Oc2ccccc2)ccc1[N+](=O)[O-])C1CCOCC1. The summed E-state index contributed by atoms with van der Waals surface area (Å²) in [5.41, 5.74) is 0.863. The zero-order valence-corrected chi connectivity index (χ0v) is 17.4. The number of rotatable bonds is 9. The number of ether oxygens (including phenoxy) is 2. The minimum atomic E-state index is -0.430. The molecule has 6 heteroatoms. The molecule has 1 aliphatic rings. The van der Waals surface area contributed by atoms with Crippen molar-refractivity contribution in [2.45, 2.75) is 25.7 Å². The lowest BCUT2D eigenvalue weighted by atomic mass is 9.78. The normalized spacial score (nSPS) is 15.6. The van der Waals surface area contributed by atoms with Crippen LogP contribution in [0.25, 0.3) is 6.08 Å². The second kappa shape index (κ2) is 11.1. The maximum Gasteiger partial charge on any atom is 0.276 e. The average molecular weight is 418 g/mol.